The lowest BCUT2D eigenvalue weighted by molar-refractivity contribution is 0.0190. The van der Waals surface area contributed by atoms with Gasteiger partial charge in [0.25, 0.3) is 0 Å². The number of nitrogens with zero attached hydrogens (tertiary/aromatic N) is 1. The lowest BCUT2D eigenvalue weighted by Crippen LogP contribution is -2.33. The largest absolute Gasteiger partial charge is 0.396 e. The standard InChI is InChI=1S/C7H17NO2/c1-3-8(7(2)10)5-4-6-9/h7,9-10H,3-6H2,1-2H3. The van der Waals surface area contributed by atoms with Crippen LogP contribution in [-0.2, 0) is 0 Å². The van der Waals surface area contributed by atoms with E-state index < -0.39 is 6.23 Å². The summed E-state index contributed by atoms with van der Waals surface area (Å²) in [4.78, 5) is 1.90. The van der Waals surface area contributed by atoms with Crippen LogP contribution in [0.4, 0.5) is 0 Å². The molecule has 0 aliphatic carbocycles. The average Bonchev–Trinajstić information content (AvgIpc) is 1.89. The Balaban J connectivity index is 3.40. The molecule has 62 valence electrons. The SMILES string of the molecule is CCN(CCCO)C(C)O. The minimum atomic E-state index is -0.392. The molecule has 0 fully saturated rings. The molecule has 0 aliphatic rings. The highest BCUT2D eigenvalue weighted by Crippen LogP contribution is 1.95. The fourth-order valence-corrected chi connectivity index (χ4v) is 0.883. The van der Waals surface area contributed by atoms with E-state index in [1.165, 1.54) is 0 Å². The highest BCUT2D eigenvalue weighted by atomic mass is 16.3. The van der Waals surface area contributed by atoms with Crippen LogP contribution in [0.15, 0.2) is 0 Å². The molecule has 0 bridgehead atoms. The number of hydrogen-bond donors (Lipinski definition) is 2. The van der Waals surface area contributed by atoms with Gasteiger partial charge in [-0.1, -0.05) is 6.92 Å². The van der Waals surface area contributed by atoms with Crippen molar-refractivity contribution in [3.63, 3.8) is 0 Å². The minimum Gasteiger partial charge on any atom is -0.396 e. The first-order chi connectivity index (χ1) is 4.72. The summed E-state index contributed by atoms with van der Waals surface area (Å²) in [7, 11) is 0. The molecule has 3 heteroatoms. The summed E-state index contributed by atoms with van der Waals surface area (Å²) >= 11 is 0. The van der Waals surface area contributed by atoms with Crippen molar-refractivity contribution in [3.05, 3.63) is 0 Å². The van der Waals surface area contributed by atoms with Gasteiger partial charge in [-0.2, -0.15) is 0 Å². The fourth-order valence-electron chi connectivity index (χ4n) is 0.883. The van der Waals surface area contributed by atoms with Crippen molar-refractivity contribution < 1.29 is 10.2 Å². The van der Waals surface area contributed by atoms with Gasteiger partial charge in [-0.25, -0.2) is 0 Å². The Morgan fingerprint density at radius 3 is 2.40 bits per heavy atom. The molecule has 0 amide bonds. The molecule has 0 saturated heterocycles. The first kappa shape index (κ1) is 9.88. The molecule has 0 aromatic heterocycles. The second-order valence-corrected chi connectivity index (χ2v) is 2.34. The third-order valence-corrected chi connectivity index (χ3v) is 1.54. The monoisotopic (exact) mass is 147 g/mol. The van der Waals surface area contributed by atoms with Gasteiger partial charge in [0, 0.05) is 13.2 Å². The van der Waals surface area contributed by atoms with E-state index in [1.807, 2.05) is 11.8 Å². The summed E-state index contributed by atoms with van der Waals surface area (Å²) in [6.45, 7) is 5.52. The van der Waals surface area contributed by atoms with E-state index in [-0.39, 0.29) is 6.61 Å². The van der Waals surface area contributed by atoms with Crippen molar-refractivity contribution in [2.75, 3.05) is 19.7 Å². The zero-order chi connectivity index (χ0) is 7.98. The second-order valence-electron chi connectivity index (χ2n) is 2.34. The number of rotatable bonds is 5. The van der Waals surface area contributed by atoms with Crippen molar-refractivity contribution in [2.45, 2.75) is 26.5 Å². The van der Waals surface area contributed by atoms with E-state index in [2.05, 4.69) is 0 Å². The van der Waals surface area contributed by atoms with Crippen LogP contribution in [0.25, 0.3) is 0 Å². The maximum Gasteiger partial charge on any atom is 0.104 e. The summed E-state index contributed by atoms with van der Waals surface area (Å²) in [6.07, 6.45) is 0.343. The van der Waals surface area contributed by atoms with Crippen molar-refractivity contribution in [3.8, 4) is 0 Å². The smallest absolute Gasteiger partial charge is 0.104 e. The van der Waals surface area contributed by atoms with Gasteiger partial charge in [-0.05, 0) is 19.9 Å². The number of hydrogen-bond acceptors (Lipinski definition) is 3. The topological polar surface area (TPSA) is 43.7 Å². The van der Waals surface area contributed by atoms with Gasteiger partial charge in [0.1, 0.15) is 6.23 Å². The fraction of sp³-hybridized carbons (Fsp3) is 1.00. The average molecular weight is 147 g/mol. The number of aliphatic hydroxyl groups excluding tert-OH is 2. The molecule has 1 unspecified atom stereocenters. The molecule has 0 aromatic carbocycles. The lowest BCUT2D eigenvalue weighted by atomic mass is 10.4. The molecule has 0 aromatic rings. The zero-order valence-corrected chi connectivity index (χ0v) is 6.75. The predicted octanol–water partition coefficient (Wildman–Crippen LogP) is 0.0290. The quantitative estimate of drug-likeness (QED) is 0.539. The van der Waals surface area contributed by atoms with Crippen molar-refractivity contribution >= 4 is 0 Å². The lowest BCUT2D eigenvalue weighted by Gasteiger charge is -2.22. The van der Waals surface area contributed by atoms with E-state index in [4.69, 9.17) is 10.2 Å². The van der Waals surface area contributed by atoms with Crippen LogP contribution in [0, 0.1) is 0 Å². The highest BCUT2D eigenvalue weighted by molar-refractivity contribution is 4.54. The summed E-state index contributed by atoms with van der Waals surface area (Å²) in [5.74, 6) is 0. The van der Waals surface area contributed by atoms with Gasteiger partial charge >= 0.3 is 0 Å². The van der Waals surface area contributed by atoms with Crippen LogP contribution < -0.4 is 0 Å². The van der Waals surface area contributed by atoms with Crippen LogP contribution in [0.3, 0.4) is 0 Å². The molecule has 0 heterocycles. The molecular weight excluding hydrogens is 130 g/mol. The van der Waals surface area contributed by atoms with Gasteiger partial charge < -0.3 is 10.2 Å². The Hall–Kier alpha value is -0.120. The van der Waals surface area contributed by atoms with E-state index in [0.717, 1.165) is 19.5 Å². The third kappa shape index (κ3) is 3.82. The minimum absolute atomic E-state index is 0.198. The zero-order valence-electron chi connectivity index (χ0n) is 6.75. The van der Waals surface area contributed by atoms with Crippen molar-refractivity contribution in [2.24, 2.45) is 0 Å². The molecule has 0 radical (unpaired) electrons. The molecule has 0 saturated carbocycles. The van der Waals surface area contributed by atoms with Crippen molar-refractivity contribution in [1.82, 2.24) is 4.90 Å². The van der Waals surface area contributed by atoms with Gasteiger partial charge in [0.2, 0.25) is 0 Å². The van der Waals surface area contributed by atoms with Gasteiger partial charge in [0.15, 0.2) is 0 Å². The van der Waals surface area contributed by atoms with Crippen LogP contribution >= 0.6 is 0 Å². The van der Waals surface area contributed by atoms with E-state index in [0.29, 0.717) is 0 Å². The predicted molar refractivity (Wildman–Crippen MR) is 40.6 cm³/mol. The molecule has 10 heavy (non-hydrogen) atoms. The van der Waals surface area contributed by atoms with Gasteiger partial charge in [-0.15, -0.1) is 0 Å². The third-order valence-electron chi connectivity index (χ3n) is 1.54. The maximum atomic E-state index is 9.08. The van der Waals surface area contributed by atoms with Crippen molar-refractivity contribution in [1.29, 1.82) is 0 Å². The van der Waals surface area contributed by atoms with Gasteiger partial charge in [0.05, 0.1) is 0 Å². The molecule has 3 nitrogen and oxygen atoms in total. The Bertz CT molecular complexity index is 76.0. The van der Waals surface area contributed by atoms with E-state index in [1.54, 1.807) is 6.92 Å². The molecule has 0 aliphatic heterocycles. The van der Waals surface area contributed by atoms with Crippen LogP contribution in [0.5, 0.6) is 0 Å². The molecule has 0 rings (SSSR count). The molecular formula is C7H17NO2. The van der Waals surface area contributed by atoms with Crippen LogP contribution in [0.2, 0.25) is 0 Å². The molecule has 1 atom stereocenters. The first-order valence-electron chi connectivity index (χ1n) is 3.75. The Kier molecular flexibility index (Phi) is 5.58. The van der Waals surface area contributed by atoms with Crippen LogP contribution in [-0.4, -0.2) is 41.0 Å². The molecule has 0 spiro atoms. The normalized spacial score (nSPS) is 14.1. The summed E-state index contributed by atoms with van der Waals surface area (Å²) < 4.78 is 0. The maximum absolute atomic E-state index is 9.08. The Labute approximate surface area is 62.3 Å². The summed E-state index contributed by atoms with van der Waals surface area (Å²) in [5.41, 5.74) is 0. The second kappa shape index (κ2) is 5.65. The van der Waals surface area contributed by atoms with Crippen LogP contribution in [0.1, 0.15) is 20.3 Å². The summed E-state index contributed by atoms with van der Waals surface area (Å²) in [5, 5.41) is 17.6. The number of aliphatic hydroxyl groups is 2. The Morgan fingerprint density at radius 1 is 1.50 bits per heavy atom. The Morgan fingerprint density at radius 2 is 2.10 bits per heavy atom. The summed E-state index contributed by atoms with van der Waals surface area (Å²) in [6, 6.07) is 0. The van der Waals surface area contributed by atoms with Gasteiger partial charge in [-0.3, -0.25) is 4.90 Å². The van der Waals surface area contributed by atoms with E-state index >= 15 is 0 Å². The molecule has 2 N–H and O–H groups in total. The van der Waals surface area contributed by atoms with E-state index in [9.17, 15) is 0 Å². The highest BCUT2D eigenvalue weighted by Gasteiger charge is 2.05. The first-order valence-corrected chi connectivity index (χ1v) is 3.75.